The molecule has 1 spiro atoms. The minimum atomic E-state index is -0.746. The lowest BCUT2D eigenvalue weighted by Gasteiger charge is -2.25. The first-order chi connectivity index (χ1) is 15.7. The number of nitrogens with zero attached hydrogens (tertiary/aromatic N) is 5. The molecule has 1 aromatic carbocycles. The van der Waals surface area contributed by atoms with Gasteiger partial charge in [0.2, 0.25) is 0 Å². The number of rotatable bonds is 3. The molecule has 1 aliphatic heterocycles. The molecule has 0 radical (unpaired) electrons. The standard InChI is InChI=1S/C22H23ClFN7O2/c1-30(2)21(33)16-13(25)4-3-11(19(16)24)12-9-26-20-17(18(12)23)22(10-27-20)7-14(15(32)8-22)31-6-5-28-29-31/h3-6,9,14-15,32H,7-8,10,25H2,1-2H3,(H,26,27)/t14-,15-,22-/m0/s1. The van der Waals surface area contributed by atoms with Crippen LogP contribution in [0, 0.1) is 5.82 Å². The summed E-state index contributed by atoms with van der Waals surface area (Å²) in [5.74, 6) is -0.676. The third kappa shape index (κ3) is 3.24. The van der Waals surface area contributed by atoms with Crippen LogP contribution in [0.2, 0.25) is 5.02 Å². The molecule has 4 N–H and O–H groups in total. The highest BCUT2D eigenvalue weighted by molar-refractivity contribution is 6.34. The van der Waals surface area contributed by atoms with Crippen molar-refractivity contribution in [2.45, 2.75) is 30.4 Å². The summed E-state index contributed by atoms with van der Waals surface area (Å²) in [4.78, 5) is 18.3. The molecule has 9 nitrogen and oxygen atoms in total. The second-order valence-corrected chi connectivity index (χ2v) is 9.24. The molecular weight excluding hydrogens is 449 g/mol. The first-order valence-corrected chi connectivity index (χ1v) is 10.9. The molecule has 2 aliphatic rings. The average Bonchev–Trinajstić information content (AvgIpc) is 3.49. The van der Waals surface area contributed by atoms with Gasteiger partial charge < -0.3 is 21.1 Å². The minimum absolute atomic E-state index is 0.0490. The van der Waals surface area contributed by atoms with Crippen molar-refractivity contribution in [2.24, 2.45) is 0 Å². The number of pyridine rings is 1. The van der Waals surface area contributed by atoms with Crippen LogP contribution >= 0.6 is 11.6 Å². The Hall–Kier alpha value is -3.24. The van der Waals surface area contributed by atoms with Gasteiger partial charge in [0, 0.05) is 60.8 Å². The van der Waals surface area contributed by atoms with Gasteiger partial charge in [-0.2, -0.15) is 0 Å². The van der Waals surface area contributed by atoms with E-state index in [0.717, 1.165) is 5.56 Å². The van der Waals surface area contributed by atoms with E-state index in [0.29, 0.717) is 35.8 Å². The Morgan fingerprint density at radius 2 is 2.15 bits per heavy atom. The predicted octanol–water partition coefficient (Wildman–Crippen LogP) is 2.48. The fourth-order valence-electron chi connectivity index (χ4n) is 5.04. The number of fused-ring (bicyclic) bond motifs is 2. The second kappa shape index (κ2) is 7.67. The molecule has 1 saturated carbocycles. The molecule has 1 fully saturated rings. The highest BCUT2D eigenvalue weighted by Gasteiger charge is 2.52. The van der Waals surface area contributed by atoms with Gasteiger partial charge in [-0.05, 0) is 25.0 Å². The number of nitrogens with one attached hydrogen (secondary N) is 1. The van der Waals surface area contributed by atoms with Gasteiger partial charge in [0.1, 0.15) is 11.6 Å². The topological polar surface area (TPSA) is 122 Å². The van der Waals surface area contributed by atoms with Gasteiger partial charge in [-0.15, -0.1) is 5.10 Å². The lowest BCUT2D eigenvalue weighted by atomic mass is 9.80. The summed E-state index contributed by atoms with van der Waals surface area (Å²) in [6, 6.07) is 2.73. The number of nitrogens with two attached hydrogens (primary N) is 1. The Morgan fingerprint density at radius 3 is 2.85 bits per heavy atom. The van der Waals surface area contributed by atoms with Gasteiger partial charge in [0.05, 0.1) is 28.9 Å². The van der Waals surface area contributed by atoms with Crippen molar-refractivity contribution in [1.82, 2.24) is 24.9 Å². The molecule has 1 amide bonds. The fourth-order valence-corrected chi connectivity index (χ4v) is 5.49. The molecule has 3 aromatic rings. The minimum Gasteiger partial charge on any atom is -0.398 e. The van der Waals surface area contributed by atoms with Crippen LogP contribution in [0.15, 0.2) is 30.7 Å². The average molecular weight is 472 g/mol. The first kappa shape index (κ1) is 21.6. The third-order valence-corrected chi connectivity index (χ3v) is 7.04. The number of hydrogen-bond donors (Lipinski definition) is 3. The van der Waals surface area contributed by atoms with E-state index in [1.165, 1.54) is 37.3 Å². The second-order valence-electron chi connectivity index (χ2n) is 8.86. The van der Waals surface area contributed by atoms with Crippen molar-refractivity contribution in [3.05, 3.63) is 52.7 Å². The van der Waals surface area contributed by atoms with Crippen LogP contribution in [0.3, 0.4) is 0 Å². The molecule has 172 valence electrons. The van der Waals surface area contributed by atoms with Crippen LogP contribution in [0.5, 0.6) is 0 Å². The van der Waals surface area contributed by atoms with Gasteiger partial charge in [0.15, 0.2) is 0 Å². The summed E-state index contributed by atoms with van der Waals surface area (Å²) in [5.41, 5.74) is 6.50. The summed E-state index contributed by atoms with van der Waals surface area (Å²) in [6.07, 6.45) is 5.14. The monoisotopic (exact) mass is 471 g/mol. The Balaban J connectivity index is 1.61. The number of amides is 1. The van der Waals surface area contributed by atoms with Gasteiger partial charge in [-0.25, -0.2) is 14.1 Å². The number of halogens is 2. The maximum absolute atomic E-state index is 15.6. The molecule has 5 rings (SSSR count). The van der Waals surface area contributed by atoms with Gasteiger partial charge in [-0.1, -0.05) is 16.8 Å². The van der Waals surface area contributed by atoms with Crippen LogP contribution in [-0.2, 0) is 5.41 Å². The molecule has 11 heteroatoms. The number of benzene rings is 1. The van der Waals surface area contributed by atoms with E-state index in [1.807, 2.05) is 0 Å². The number of carbonyl (C=O) groups is 1. The van der Waals surface area contributed by atoms with Crippen LogP contribution in [0.1, 0.15) is 34.8 Å². The normalized spacial score (nSPS) is 23.5. The smallest absolute Gasteiger partial charge is 0.258 e. The largest absolute Gasteiger partial charge is 0.398 e. The SMILES string of the molecule is CN(C)C(=O)c1c(N)ccc(-c2cnc3c(c2Cl)[C@]2(CN3)C[C@H](O)[C@@H](n3ccnn3)C2)c1F. The predicted molar refractivity (Wildman–Crippen MR) is 122 cm³/mol. The molecular formula is C22H23ClFN7O2. The van der Waals surface area contributed by atoms with Crippen molar-refractivity contribution in [1.29, 1.82) is 0 Å². The fraction of sp³-hybridized carbons (Fsp3) is 0.364. The van der Waals surface area contributed by atoms with Gasteiger partial charge in [-0.3, -0.25) is 4.79 Å². The molecule has 1 aliphatic carbocycles. The number of aliphatic hydroxyl groups is 1. The van der Waals surface area contributed by atoms with E-state index in [2.05, 4.69) is 20.6 Å². The Bertz CT molecular complexity index is 1250. The van der Waals surface area contributed by atoms with E-state index in [4.69, 9.17) is 17.3 Å². The number of nitrogen functional groups attached to an aromatic ring is 1. The number of carbonyl (C=O) groups excluding carboxylic acids is 1. The van der Waals surface area contributed by atoms with Crippen molar-refractivity contribution >= 4 is 29.0 Å². The maximum atomic E-state index is 15.6. The number of hydrogen-bond acceptors (Lipinski definition) is 7. The van der Waals surface area contributed by atoms with Crippen molar-refractivity contribution in [3.63, 3.8) is 0 Å². The van der Waals surface area contributed by atoms with E-state index in [9.17, 15) is 9.90 Å². The molecule has 3 heterocycles. The summed E-state index contributed by atoms with van der Waals surface area (Å²) < 4.78 is 17.2. The number of aromatic nitrogens is 4. The summed E-state index contributed by atoms with van der Waals surface area (Å²) in [6.45, 7) is 0.537. The van der Waals surface area contributed by atoms with Crippen molar-refractivity contribution in [3.8, 4) is 11.1 Å². The van der Waals surface area contributed by atoms with Crippen LogP contribution < -0.4 is 11.1 Å². The van der Waals surface area contributed by atoms with Crippen LogP contribution in [-0.4, -0.2) is 62.6 Å². The Kier molecular flexibility index (Phi) is 5.02. The van der Waals surface area contributed by atoms with E-state index in [1.54, 1.807) is 17.1 Å². The first-order valence-electron chi connectivity index (χ1n) is 10.5. The van der Waals surface area contributed by atoms with Crippen LogP contribution in [0.25, 0.3) is 11.1 Å². The van der Waals surface area contributed by atoms with E-state index >= 15 is 4.39 Å². The summed E-state index contributed by atoms with van der Waals surface area (Å²) in [5, 5.41) is 22.3. The lowest BCUT2D eigenvalue weighted by molar-refractivity contribution is 0.0824. The van der Waals surface area contributed by atoms with Crippen molar-refractivity contribution in [2.75, 3.05) is 31.7 Å². The van der Waals surface area contributed by atoms with E-state index < -0.39 is 23.2 Å². The lowest BCUT2D eigenvalue weighted by Crippen LogP contribution is -2.26. The third-order valence-electron chi connectivity index (χ3n) is 6.65. The van der Waals surface area contributed by atoms with Gasteiger partial charge in [0.25, 0.3) is 5.91 Å². The van der Waals surface area contributed by atoms with Gasteiger partial charge >= 0.3 is 0 Å². The highest BCUT2D eigenvalue weighted by Crippen LogP contribution is 2.54. The number of anilines is 2. The van der Waals surface area contributed by atoms with E-state index in [-0.39, 0.29) is 22.9 Å². The Morgan fingerprint density at radius 1 is 1.36 bits per heavy atom. The zero-order valence-corrected chi connectivity index (χ0v) is 18.8. The summed E-state index contributed by atoms with van der Waals surface area (Å²) in [7, 11) is 3.06. The zero-order valence-electron chi connectivity index (χ0n) is 18.1. The molecule has 0 saturated heterocycles. The zero-order chi connectivity index (χ0) is 23.5. The van der Waals surface area contributed by atoms with Crippen molar-refractivity contribution < 1.29 is 14.3 Å². The van der Waals surface area contributed by atoms with Crippen LogP contribution in [0.4, 0.5) is 15.9 Å². The molecule has 0 bridgehead atoms. The maximum Gasteiger partial charge on any atom is 0.258 e. The highest BCUT2D eigenvalue weighted by atomic mass is 35.5. The number of aliphatic hydroxyl groups excluding tert-OH is 1. The Labute approximate surface area is 194 Å². The molecule has 2 aromatic heterocycles. The molecule has 33 heavy (non-hydrogen) atoms. The molecule has 3 atom stereocenters. The quantitative estimate of drug-likeness (QED) is 0.501. The molecule has 0 unspecified atom stereocenters. The summed E-state index contributed by atoms with van der Waals surface area (Å²) >= 11 is 6.90.